The highest BCUT2D eigenvalue weighted by atomic mass is 79.9. The van der Waals surface area contributed by atoms with E-state index in [4.69, 9.17) is 4.52 Å². The predicted molar refractivity (Wildman–Crippen MR) is 68.1 cm³/mol. The van der Waals surface area contributed by atoms with Gasteiger partial charge in [-0.2, -0.15) is 0 Å². The van der Waals surface area contributed by atoms with Crippen molar-refractivity contribution in [2.75, 3.05) is 5.32 Å². The molecule has 1 aromatic heterocycles. The van der Waals surface area contributed by atoms with Gasteiger partial charge in [0, 0.05) is 10.5 Å². The van der Waals surface area contributed by atoms with Crippen LogP contribution in [-0.2, 0) is 0 Å². The van der Waals surface area contributed by atoms with Gasteiger partial charge in [-0.25, -0.2) is 0 Å². The Bertz CT molecular complexity index is 563. The third-order valence-electron chi connectivity index (χ3n) is 2.22. The lowest BCUT2D eigenvalue weighted by molar-refractivity contribution is 0.0988. The Hall–Kier alpha value is -1.62. The van der Waals surface area contributed by atoms with Crippen LogP contribution in [0.1, 0.15) is 21.8 Å². The molecule has 88 valence electrons. The number of amides is 1. The van der Waals surface area contributed by atoms with Crippen LogP contribution in [0.5, 0.6) is 0 Å². The number of hydrogen-bond donors (Lipinski definition) is 1. The van der Waals surface area contributed by atoms with E-state index in [2.05, 4.69) is 26.4 Å². The maximum atomic E-state index is 11.8. The molecule has 0 aliphatic heterocycles. The molecule has 4 nitrogen and oxygen atoms in total. The summed E-state index contributed by atoms with van der Waals surface area (Å²) < 4.78 is 5.72. The molecule has 0 aliphatic rings. The SMILES string of the molecule is Cc1ccc(NC(=O)c2cc(C)no2)c(Br)c1. The lowest BCUT2D eigenvalue weighted by atomic mass is 10.2. The van der Waals surface area contributed by atoms with Gasteiger partial charge in [0.1, 0.15) is 0 Å². The molecule has 17 heavy (non-hydrogen) atoms. The molecule has 2 aromatic rings. The van der Waals surface area contributed by atoms with Gasteiger partial charge < -0.3 is 9.84 Å². The molecule has 0 spiro atoms. The lowest BCUT2D eigenvalue weighted by Gasteiger charge is -2.05. The molecule has 5 heteroatoms. The van der Waals surface area contributed by atoms with E-state index in [0.717, 1.165) is 10.0 Å². The minimum Gasteiger partial charge on any atom is -0.351 e. The summed E-state index contributed by atoms with van der Waals surface area (Å²) in [6.45, 7) is 3.75. The largest absolute Gasteiger partial charge is 0.351 e. The quantitative estimate of drug-likeness (QED) is 0.924. The Morgan fingerprint density at radius 2 is 2.12 bits per heavy atom. The number of nitrogens with zero attached hydrogens (tertiary/aromatic N) is 1. The summed E-state index contributed by atoms with van der Waals surface area (Å²) >= 11 is 3.39. The van der Waals surface area contributed by atoms with Crippen molar-refractivity contribution in [2.45, 2.75) is 13.8 Å². The zero-order valence-electron chi connectivity index (χ0n) is 9.45. The summed E-state index contributed by atoms with van der Waals surface area (Å²) in [6, 6.07) is 7.28. The van der Waals surface area contributed by atoms with Crippen molar-refractivity contribution in [3.63, 3.8) is 0 Å². The number of rotatable bonds is 2. The van der Waals surface area contributed by atoms with Gasteiger partial charge in [-0.3, -0.25) is 4.79 Å². The maximum absolute atomic E-state index is 11.8. The summed E-state index contributed by atoms with van der Waals surface area (Å²) in [5, 5.41) is 6.42. The molecule has 1 heterocycles. The number of aryl methyl sites for hydroxylation is 2. The first kappa shape index (κ1) is 11.9. The van der Waals surface area contributed by atoms with E-state index in [1.54, 1.807) is 13.0 Å². The molecule has 0 bridgehead atoms. The smallest absolute Gasteiger partial charge is 0.294 e. The first-order chi connectivity index (χ1) is 8.06. The fourth-order valence-corrected chi connectivity index (χ4v) is 1.97. The maximum Gasteiger partial charge on any atom is 0.294 e. The minimum atomic E-state index is -0.310. The summed E-state index contributed by atoms with van der Waals surface area (Å²) in [7, 11) is 0. The number of hydrogen-bond acceptors (Lipinski definition) is 3. The molecular formula is C12H11BrN2O2. The van der Waals surface area contributed by atoms with E-state index in [0.29, 0.717) is 11.4 Å². The van der Waals surface area contributed by atoms with Gasteiger partial charge in [-0.05, 0) is 47.5 Å². The highest BCUT2D eigenvalue weighted by Crippen LogP contribution is 2.23. The number of carbonyl (C=O) groups excluding carboxylic acids is 1. The highest BCUT2D eigenvalue weighted by molar-refractivity contribution is 9.10. The van der Waals surface area contributed by atoms with E-state index in [1.807, 2.05) is 25.1 Å². The number of nitrogens with one attached hydrogen (secondary N) is 1. The second-order valence-electron chi connectivity index (χ2n) is 3.77. The second-order valence-corrected chi connectivity index (χ2v) is 4.62. The number of benzene rings is 1. The predicted octanol–water partition coefficient (Wildman–Crippen LogP) is 3.31. The molecule has 0 unspecified atom stereocenters. The monoisotopic (exact) mass is 294 g/mol. The first-order valence-electron chi connectivity index (χ1n) is 5.07. The molecule has 0 atom stereocenters. The fourth-order valence-electron chi connectivity index (χ4n) is 1.38. The van der Waals surface area contributed by atoms with Gasteiger partial charge in [-0.15, -0.1) is 0 Å². The summed E-state index contributed by atoms with van der Waals surface area (Å²) in [5.74, 6) is -0.106. The van der Waals surface area contributed by atoms with Crippen molar-refractivity contribution in [3.05, 3.63) is 45.8 Å². The van der Waals surface area contributed by atoms with Gasteiger partial charge in [0.15, 0.2) is 0 Å². The topological polar surface area (TPSA) is 55.1 Å². The van der Waals surface area contributed by atoms with Crippen molar-refractivity contribution in [2.24, 2.45) is 0 Å². The van der Waals surface area contributed by atoms with E-state index in [9.17, 15) is 4.79 Å². The normalized spacial score (nSPS) is 10.3. The van der Waals surface area contributed by atoms with Gasteiger partial charge >= 0.3 is 0 Å². The average Bonchev–Trinajstić information content (AvgIpc) is 2.69. The molecule has 1 aromatic carbocycles. The van der Waals surface area contributed by atoms with Crippen molar-refractivity contribution in [1.82, 2.24) is 5.16 Å². The molecule has 0 saturated carbocycles. The standard InChI is InChI=1S/C12H11BrN2O2/c1-7-3-4-10(9(13)5-7)14-12(16)11-6-8(2)15-17-11/h3-6H,1-2H3,(H,14,16). The minimum absolute atomic E-state index is 0.204. The van der Waals surface area contributed by atoms with Gasteiger partial charge in [0.05, 0.1) is 11.4 Å². The fraction of sp³-hybridized carbons (Fsp3) is 0.167. The molecule has 1 N–H and O–H groups in total. The van der Waals surface area contributed by atoms with Crippen LogP contribution < -0.4 is 5.32 Å². The van der Waals surface area contributed by atoms with Crippen LogP contribution in [0.4, 0.5) is 5.69 Å². The van der Waals surface area contributed by atoms with Crippen LogP contribution in [0.2, 0.25) is 0 Å². The summed E-state index contributed by atoms with van der Waals surface area (Å²) in [6.07, 6.45) is 0. The van der Waals surface area contributed by atoms with Crippen molar-refractivity contribution in [1.29, 1.82) is 0 Å². The molecule has 0 radical (unpaired) electrons. The van der Waals surface area contributed by atoms with Crippen molar-refractivity contribution < 1.29 is 9.32 Å². The van der Waals surface area contributed by atoms with E-state index >= 15 is 0 Å². The first-order valence-corrected chi connectivity index (χ1v) is 5.86. The third-order valence-corrected chi connectivity index (χ3v) is 2.88. The molecule has 0 aliphatic carbocycles. The lowest BCUT2D eigenvalue weighted by Crippen LogP contribution is -2.11. The van der Waals surface area contributed by atoms with Crippen LogP contribution >= 0.6 is 15.9 Å². The molecule has 2 rings (SSSR count). The number of carbonyl (C=O) groups is 1. The van der Waals surface area contributed by atoms with Gasteiger partial charge in [0.2, 0.25) is 5.76 Å². The Kier molecular flexibility index (Phi) is 3.28. The Balaban J connectivity index is 2.18. The Morgan fingerprint density at radius 3 is 2.71 bits per heavy atom. The van der Waals surface area contributed by atoms with Crippen LogP contribution in [0.25, 0.3) is 0 Å². The molecular weight excluding hydrogens is 284 g/mol. The van der Waals surface area contributed by atoms with Crippen molar-refractivity contribution in [3.8, 4) is 0 Å². The van der Waals surface area contributed by atoms with Crippen LogP contribution in [0.3, 0.4) is 0 Å². The zero-order valence-corrected chi connectivity index (χ0v) is 11.0. The Labute approximate surface area is 107 Å². The van der Waals surface area contributed by atoms with E-state index < -0.39 is 0 Å². The molecule has 0 fully saturated rings. The van der Waals surface area contributed by atoms with Crippen LogP contribution in [0, 0.1) is 13.8 Å². The summed E-state index contributed by atoms with van der Waals surface area (Å²) in [4.78, 5) is 11.8. The number of anilines is 1. The Morgan fingerprint density at radius 1 is 1.35 bits per heavy atom. The molecule has 1 amide bonds. The average molecular weight is 295 g/mol. The van der Waals surface area contributed by atoms with Gasteiger partial charge in [-0.1, -0.05) is 11.2 Å². The molecule has 0 saturated heterocycles. The van der Waals surface area contributed by atoms with Crippen molar-refractivity contribution >= 4 is 27.5 Å². The highest BCUT2D eigenvalue weighted by Gasteiger charge is 2.12. The number of aromatic nitrogens is 1. The van der Waals surface area contributed by atoms with E-state index in [-0.39, 0.29) is 11.7 Å². The van der Waals surface area contributed by atoms with Crippen LogP contribution in [0.15, 0.2) is 33.3 Å². The second kappa shape index (κ2) is 4.71. The third kappa shape index (κ3) is 2.74. The van der Waals surface area contributed by atoms with Gasteiger partial charge in [0.25, 0.3) is 5.91 Å². The zero-order chi connectivity index (χ0) is 12.4. The number of halogens is 1. The van der Waals surface area contributed by atoms with E-state index in [1.165, 1.54) is 0 Å². The summed E-state index contributed by atoms with van der Waals surface area (Å²) in [5.41, 5.74) is 2.50. The van der Waals surface area contributed by atoms with Crippen LogP contribution in [-0.4, -0.2) is 11.1 Å².